The quantitative estimate of drug-likeness (QED) is 0.107. The first-order valence-electron chi connectivity index (χ1n) is 16.1. The predicted octanol–water partition coefficient (Wildman–Crippen LogP) is 8.58. The molecule has 5 aromatic rings. The summed E-state index contributed by atoms with van der Waals surface area (Å²) in [5.41, 5.74) is 3.23. The lowest BCUT2D eigenvalue weighted by Gasteiger charge is -2.26. The van der Waals surface area contributed by atoms with Crippen molar-refractivity contribution in [3.05, 3.63) is 143 Å². The van der Waals surface area contributed by atoms with Crippen LogP contribution in [0.4, 0.5) is 19.7 Å². The second-order valence-corrected chi connectivity index (χ2v) is 11.5. The highest BCUT2D eigenvalue weighted by Gasteiger charge is 2.22. The zero-order valence-electron chi connectivity index (χ0n) is 27.3. The highest BCUT2D eigenvalue weighted by Crippen LogP contribution is 2.37. The molecule has 9 nitrogen and oxygen atoms in total. The van der Waals surface area contributed by atoms with Crippen LogP contribution in [0.25, 0.3) is 11.1 Å². The average Bonchev–Trinajstić information content (AvgIpc) is 3.12. The van der Waals surface area contributed by atoms with Gasteiger partial charge in [-0.1, -0.05) is 78.3 Å². The van der Waals surface area contributed by atoms with Crippen molar-refractivity contribution in [1.29, 1.82) is 0 Å². The van der Waals surface area contributed by atoms with Crippen LogP contribution in [0.15, 0.2) is 121 Å². The molecule has 0 aliphatic heterocycles. The summed E-state index contributed by atoms with van der Waals surface area (Å²) in [6.45, 7) is 2.65. The van der Waals surface area contributed by atoms with Gasteiger partial charge in [-0.25, -0.2) is 14.0 Å². The molecule has 0 aliphatic rings. The fourth-order valence-corrected chi connectivity index (χ4v) is 5.21. The number of carbonyl (C=O) groups is 3. The van der Waals surface area contributed by atoms with Crippen molar-refractivity contribution in [2.75, 3.05) is 24.5 Å². The van der Waals surface area contributed by atoms with E-state index in [1.165, 1.54) is 6.07 Å². The van der Waals surface area contributed by atoms with Crippen molar-refractivity contribution in [2.24, 2.45) is 0 Å². The molecular weight excluding hydrogens is 659 g/mol. The molecule has 0 fully saturated rings. The number of ether oxygens (including phenoxy) is 2. The molecule has 0 atom stereocenters. The molecule has 0 aliphatic carbocycles. The zero-order valence-corrected chi connectivity index (χ0v) is 28.1. The highest BCUT2D eigenvalue weighted by molar-refractivity contribution is 6.30. The summed E-state index contributed by atoms with van der Waals surface area (Å²) in [4.78, 5) is 40.2. The smallest absolute Gasteiger partial charge is 0.412 e. The molecule has 256 valence electrons. The molecule has 0 unspecified atom stereocenters. The van der Waals surface area contributed by atoms with Crippen LogP contribution in [0.5, 0.6) is 17.2 Å². The number of hydrogen-bond acceptors (Lipinski definition) is 5. The van der Waals surface area contributed by atoms with Gasteiger partial charge in [0, 0.05) is 54.5 Å². The monoisotopic (exact) mass is 694 g/mol. The van der Waals surface area contributed by atoms with Gasteiger partial charge in [0.1, 0.15) is 17.3 Å². The standard InChI is InChI=1S/C39H36ClFN4O5/c1-2-42-39(48)50-33-14-8-13-32(25-33)49-36-24-31(40)20-21-35(36)45(23-9-22-43-38(47)44-26-30-12-6-7-15-34(30)41)37(46)29-18-16-28(17-19-29)27-10-4-3-5-11-27/h3-8,10-21,24-25H,2,9,22-23,26H2,1H3,(H,42,48)(H2,43,44,47). The Hall–Kier alpha value is -5.87. The zero-order chi connectivity index (χ0) is 35.3. The number of halogens is 2. The molecule has 50 heavy (non-hydrogen) atoms. The maximum atomic E-state index is 14.2. The molecule has 5 aromatic carbocycles. The lowest BCUT2D eigenvalue weighted by molar-refractivity contribution is 0.0986. The third kappa shape index (κ3) is 9.83. The van der Waals surface area contributed by atoms with E-state index in [2.05, 4.69) is 16.0 Å². The Bertz CT molecular complexity index is 1920. The Balaban J connectivity index is 1.35. The second-order valence-electron chi connectivity index (χ2n) is 11.1. The van der Waals surface area contributed by atoms with Crippen molar-refractivity contribution in [3.8, 4) is 28.4 Å². The first-order valence-corrected chi connectivity index (χ1v) is 16.4. The Morgan fingerprint density at radius 2 is 1.48 bits per heavy atom. The summed E-state index contributed by atoms with van der Waals surface area (Å²) in [6.07, 6.45) is -0.225. The van der Waals surface area contributed by atoms with Gasteiger partial charge < -0.3 is 30.3 Å². The van der Waals surface area contributed by atoms with Gasteiger partial charge in [0.15, 0.2) is 5.75 Å². The predicted molar refractivity (Wildman–Crippen MR) is 192 cm³/mol. The van der Waals surface area contributed by atoms with E-state index in [0.717, 1.165) is 11.1 Å². The lowest BCUT2D eigenvalue weighted by atomic mass is 10.0. The van der Waals surface area contributed by atoms with Gasteiger partial charge in [0.05, 0.1) is 5.69 Å². The molecule has 5 rings (SSSR count). The summed E-state index contributed by atoms with van der Waals surface area (Å²) in [7, 11) is 0. The number of anilines is 1. The minimum Gasteiger partial charge on any atom is -0.455 e. The molecular formula is C39H36ClFN4O5. The average molecular weight is 695 g/mol. The molecule has 0 radical (unpaired) electrons. The number of rotatable bonds is 13. The molecule has 0 spiro atoms. The summed E-state index contributed by atoms with van der Waals surface area (Å²) in [6, 6.07) is 34.4. The van der Waals surface area contributed by atoms with Gasteiger partial charge in [-0.3, -0.25) is 4.79 Å². The van der Waals surface area contributed by atoms with Crippen LogP contribution in [-0.4, -0.2) is 37.7 Å². The second kappa shape index (κ2) is 17.5. The fourth-order valence-electron chi connectivity index (χ4n) is 5.05. The molecule has 11 heteroatoms. The van der Waals surface area contributed by atoms with E-state index in [9.17, 15) is 18.8 Å². The van der Waals surface area contributed by atoms with E-state index >= 15 is 0 Å². The lowest BCUT2D eigenvalue weighted by Crippen LogP contribution is -2.38. The van der Waals surface area contributed by atoms with E-state index in [4.69, 9.17) is 21.1 Å². The maximum absolute atomic E-state index is 14.2. The number of amides is 4. The van der Waals surface area contributed by atoms with Crippen molar-refractivity contribution >= 4 is 35.3 Å². The number of carbonyl (C=O) groups excluding carboxylic acids is 3. The van der Waals surface area contributed by atoms with Crippen LogP contribution in [0.2, 0.25) is 5.02 Å². The highest BCUT2D eigenvalue weighted by atomic mass is 35.5. The van der Waals surface area contributed by atoms with E-state index in [0.29, 0.717) is 40.6 Å². The number of benzene rings is 5. The first-order chi connectivity index (χ1) is 24.3. The van der Waals surface area contributed by atoms with Gasteiger partial charge in [-0.2, -0.15) is 0 Å². The largest absolute Gasteiger partial charge is 0.455 e. The molecule has 0 bridgehead atoms. The molecule has 4 amide bonds. The fraction of sp³-hybridized carbons (Fsp3) is 0.154. The van der Waals surface area contributed by atoms with Crippen molar-refractivity contribution < 1.29 is 28.2 Å². The Morgan fingerprint density at radius 1 is 0.760 bits per heavy atom. The van der Waals surface area contributed by atoms with Crippen molar-refractivity contribution in [3.63, 3.8) is 0 Å². The van der Waals surface area contributed by atoms with Crippen LogP contribution in [-0.2, 0) is 6.54 Å². The Kier molecular flexibility index (Phi) is 12.4. The van der Waals surface area contributed by atoms with Crippen LogP contribution in [0.3, 0.4) is 0 Å². The van der Waals surface area contributed by atoms with E-state index in [1.807, 2.05) is 42.5 Å². The van der Waals surface area contributed by atoms with Gasteiger partial charge in [-0.05, 0) is 66.9 Å². The Labute approximate surface area is 295 Å². The number of nitrogens with one attached hydrogen (secondary N) is 3. The summed E-state index contributed by atoms with van der Waals surface area (Å²) in [5, 5.41) is 8.38. The molecule has 0 aromatic heterocycles. The first kappa shape index (κ1) is 35.4. The summed E-state index contributed by atoms with van der Waals surface area (Å²) >= 11 is 6.40. The molecule has 0 saturated carbocycles. The SMILES string of the molecule is CCNC(=O)Oc1cccc(Oc2cc(Cl)ccc2N(CCCNC(=O)NCc2ccccc2F)C(=O)c2ccc(-c3ccccc3)cc2)c1. The van der Waals surface area contributed by atoms with Crippen LogP contribution in [0, 0.1) is 5.82 Å². The molecule has 0 saturated heterocycles. The minimum atomic E-state index is -0.599. The Morgan fingerprint density at radius 3 is 2.24 bits per heavy atom. The van der Waals surface area contributed by atoms with Gasteiger partial charge in [0.25, 0.3) is 5.91 Å². The van der Waals surface area contributed by atoms with Crippen molar-refractivity contribution in [1.82, 2.24) is 16.0 Å². The normalized spacial score (nSPS) is 10.5. The van der Waals surface area contributed by atoms with E-state index < -0.39 is 17.9 Å². The molecule has 0 heterocycles. The number of hydrogen-bond donors (Lipinski definition) is 3. The van der Waals surface area contributed by atoms with Crippen molar-refractivity contribution in [2.45, 2.75) is 19.9 Å². The van der Waals surface area contributed by atoms with E-state index in [1.54, 1.807) is 84.6 Å². The number of nitrogens with zero attached hydrogens (tertiary/aromatic N) is 1. The van der Waals surface area contributed by atoms with Crippen LogP contribution in [0.1, 0.15) is 29.3 Å². The minimum absolute atomic E-state index is 0.0308. The summed E-state index contributed by atoms with van der Waals surface area (Å²) < 4.78 is 25.5. The topological polar surface area (TPSA) is 109 Å². The third-order valence-electron chi connectivity index (χ3n) is 7.50. The third-order valence-corrected chi connectivity index (χ3v) is 7.74. The van der Waals surface area contributed by atoms with Gasteiger partial charge >= 0.3 is 12.1 Å². The van der Waals surface area contributed by atoms with Gasteiger partial charge in [0.2, 0.25) is 0 Å². The van der Waals surface area contributed by atoms with Gasteiger partial charge in [-0.15, -0.1) is 0 Å². The molecule has 3 N–H and O–H groups in total. The maximum Gasteiger partial charge on any atom is 0.412 e. The van der Waals surface area contributed by atoms with E-state index in [-0.39, 0.29) is 37.0 Å². The summed E-state index contributed by atoms with van der Waals surface area (Å²) in [5.74, 6) is 0.207. The number of urea groups is 1. The van der Waals surface area contributed by atoms with Crippen LogP contribution >= 0.6 is 11.6 Å². The van der Waals surface area contributed by atoms with Crippen LogP contribution < -0.4 is 30.3 Å².